The summed E-state index contributed by atoms with van der Waals surface area (Å²) in [4.78, 5) is 41.5. The van der Waals surface area contributed by atoms with Crippen molar-refractivity contribution in [2.24, 2.45) is 0 Å². The van der Waals surface area contributed by atoms with E-state index in [1.165, 1.54) is 42.1 Å². The number of rotatable bonds is 4. The van der Waals surface area contributed by atoms with Crippen LogP contribution in [-0.4, -0.2) is 26.6 Å². The number of aromatic nitrogens is 3. The van der Waals surface area contributed by atoms with Gasteiger partial charge in [-0.2, -0.15) is 0 Å². The number of hydrogen-bond donors (Lipinski definition) is 3. The molecule has 3 aromatic carbocycles. The lowest BCUT2D eigenvalue weighted by molar-refractivity contribution is -0.114. The summed E-state index contributed by atoms with van der Waals surface area (Å²) in [7, 11) is 0. The summed E-state index contributed by atoms with van der Waals surface area (Å²) in [5.74, 6) is -0.978. The van der Waals surface area contributed by atoms with Crippen molar-refractivity contribution < 1.29 is 14.0 Å². The second-order valence-electron chi connectivity index (χ2n) is 7.72. The Morgan fingerprint density at radius 1 is 0.941 bits per heavy atom. The molecule has 2 aromatic heterocycles. The van der Waals surface area contributed by atoms with E-state index in [4.69, 9.17) is 0 Å². The third kappa shape index (κ3) is 3.90. The van der Waals surface area contributed by atoms with Crippen molar-refractivity contribution in [3.63, 3.8) is 0 Å². The van der Waals surface area contributed by atoms with E-state index >= 15 is 0 Å². The number of amides is 2. The van der Waals surface area contributed by atoms with Crippen molar-refractivity contribution in [2.45, 2.75) is 6.92 Å². The van der Waals surface area contributed by atoms with Gasteiger partial charge in [-0.3, -0.25) is 24.5 Å². The number of fused-ring (bicyclic) bond motifs is 3. The van der Waals surface area contributed by atoms with E-state index in [1.54, 1.807) is 42.5 Å². The molecule has 0 aliphatic carbocycles. The summed E-state index contributed by atoms with van der Waals surface area (Å²) in [6.45, 7) is 1.41. The number of hydrogen-bond acceptors (Lipinski definition) is 4. The van der Waals surface area contributed by atoms with Gasteiger partial charge in [0.1, 0.15) is 5.82 Å². The zero-order valence-corrected chi connectivity index (χ0v) is 17.9. The van der Waals surface area contributed by atoms with Gasteiger partial charge in [-0.15, -0.1) is 0 Å². The van der Waals surface area contributed by atoms with Gasteiger partial charge in [0.05, 0.1) is 22.1 Å². The summed E-state index contributed by atoms with van der Waals surface area (Å²) >= 11 is 0. The average Bonchev–Trinajstić information content (AvgIpc) is 3.16. The molecular weight excluding hydrogens is 437 g/mol. The van der Waals surface area contributed by atoms with E-state index in [-0.39, 0.29) is 17.4 Å². The highest BCUT2D eigenvalue weighted by molar-refractivity contribution is 6.10. The standard InChI is InChI=1S/C25H18FN5O3/c1-14(32)28-17-3-2-4-18(12-17)29-24(33)15-5-10-22-20(11-15)23-21(13-27-22)25(34)31(30-23)19-8-6-16(26)7-9-19/h2-13,30H,1H3,(H,28,32)(H,29,33). The van der Waals surface area contributed by atoms with Gasteiger partial charge in [-0.25, -0.2) is 9.07 Å². The monoisotopic (exact) mass is 455 g/mol. The van der Waals surface area contributed by atoms with Crippen LogP contribution in [-0.2, 0) is 4.79 Å². The molecule has 9 heteroatoms. The molecule has 0 spiro atoms. The largest absolute Gasteiger partial charge is 0.326 e. The molecule has 0 saturated carbocycles. The Labute approximate surface area is 192 Å². The topological polar surface area (TPSA) is 109 Å². The van der Waals surface area contributed by atoms with Crippen molar-refractivity contribution in [1.82, 2.24) is 14.8 Å². The molecule has 5 rings (SSSR count). The number of H-pyrrole nitrogens is 1. The Kier molecular flexibility index (Phi) is 5.14. The van der Waals surface area contributed by atoms with Gasteiger partial charge in [0, 0.05) is 35.4 Å². The van der Waals surface area contributed by atoms with E-state index in [1.807, 2.05) is 0 Å². The maximum Gasteiger partial charge on any atom is 0.280 e. The lowest BCUT2D eigenvalue weighted by atomic mass is 10.1. The van der Waals surface area contributed by atoms with E-state index < -0.39 is 5.82 Å². The third-order valence-corrected chi connectivity index (χ3v) is 5.31. The first-order chi connectivity index (χ1) is 16.4. The van der Waals surface area contributed by atoms with Gasteiger partial charge >= 0.3 is 0 Å². The average molecular weight is 455 g/mol. The first-order valence-electron chi connectivity index (χ1n) is 10.4. The molecule has 8 nitrogen and oxygen atoms in total. The fourth-order valence-electron chi connectivity index (χ4n) is 3.75. The molecule has 3 N–H and O–H groups in total. The van der Waals surface area contributed by atoms with Crippen molar-refractivity contribution >= 4 is 45.0 Å². The van der Waals surface area contributed by atoms with Crippen LogP contribution in [0.15, 0.2) is 77.7 Å². The molecule has 0 bridgehead atoms. The Balaban J connectivity index is 1.53. The summed E-state index contributed by atoms with van der Waals surface area (Å²) in [5, 5.41) is 9.47. The number of halogens is 1. The summed E-state index contributed by atoms with van der Waals surface area (Å²) in [6, 6.07) is 17.3. The van der Waals surface area contributed by atoms with Crippen LogP contribution in [0.25, 0.3) is 27.5 Å². The SMILES string of the molecule is CC(=O)Nc1cccc(NC(=O)c2ccc3ncc4c(=O)n(-c5ccc(F)cc5)[nH]c4c3c2)c1. The predicted molar refractivity (Wildman–Crippen MR) is 128 cm³/mol. The molecule has 168 valence electrons. The molecular formula is C25H18FN5O3. The molecule has 0 aliphatic rings. The van der Waals surface area contributed by atoms with Crippen molar-refractivity contribution in [2.75, 3.05) is 10.6 Å². The fraction of sp³-hybridized carbons (Fsp3) is 0.0400. The van der Waals surface area contributed by atoms with Crippen LogP contribution < -0.4 is 16.2 Å². The molecule has 2 heterocycles. The first kappa shape index (κ1) is 21.1. The van der Waals surface area contributed by atoms with Crippen LogP contribution in [0, 0.1) is 5.82 Å². The molecule has 5 aromatic rings. The molecule has 0 atom stereocenters. The quantitative estimate of drug-likeness (QED) is 0.377. The number of aromatic amines is 1. The number of nitrogens with one attached hydrogen (secondary N) is 3. The lowest BCUT2D eigenvalue weighted by Crippen LogP contribution is -2.14. The highest BCUT2D eigenvalue weighted by atomic mass is 19.1. The molecule has 0 radical (unpaired) electrons. The minimum absolute atomic E-state index is 0.212. The zero-order chi connectivity index (χ0) is 23.8. The smallest absolute Gasteiger partial charge is 0.280 e. The number of anilines is 2. The molecule has 0 saturated heterocycles. The lowest BCUT2D eigenvalue weighted by Gasteiger charge is -2.09. The van der Waals surface area contributed by atoms with Crippen LogP contribution >= 0.6 is 0 Å². The Morgan fingerprint density at radius 3 is 2.41 bits per heavy atom. The summed E-state index contributed by atoms with van der Waals surface area (Å²) in [6.07, 6.45) is 1.48. The summed E-state index contributed by atoms with van der Waals surface area (Å²) in [5.41, 5.74) is 2.70. The Hall–Kier alpha value is -4.79. The van der Waals surface area contributed by atoms with Crippen molar-refractivity contribution in [3.8, 4) is 5.69 Å². The fourth-order valence-corrected chi connectivity index (χ4v) is 3.75. The predicted octanol–water partition coefficient (Wildman–Crippen LogP) is 4.22. The van der Waals surface area contributed by atoms with Gasteiger partial charge in [0.2, 0.25) is 5.91 Å². The van der Waals surface area contributed by atoms with Crippen molar-refractivity contribution in [1.29, 1.82) is 0 Å². The molecule has 0 fully saturated rings. The van der Waals surface area contributed by atoms with Crippen LogP contribution in [0.4, 0.5) is 15.8 Å². The van der Waals surface area contributed by atoms with Crippen LogP contribution in [0.2, 0.25) is 0 Å². The third-order valence-electron chi connectivity index (χ3n) is 5.31. The molecule has 0 aliphatic heterocycles. The van der Waals surface area contributed by atoms with E-state index in [0.717, 1.165) is 0 Å². The minimum atomic E-state index is -0.404. The second kappa shape index (κ2) is 8.28. The zero-order valence-electron chi connectivity index (χ0n) is 17.9. The molecule has 2 amide bonds. The van der Waals surface area contributed by atoms with Crippen LogP contribution in [0.3, 0.4) is 0 Å². The van der Waals surface area contributed by atoms with Crippen molar-refractivity contribution in [3.05, 3.63) is 94.7 Å². The van der Waals surface area contributed by atoms with E-state index in [0.29, 0.717) is 44.4 Å². The van der Waals surface area contributed by atoms with Gasteiger partial charge < -0.3 is 10.6 Å². The van der Waals surface area contributed by atoms with Gasteiger partial charge in [-0.1, -0.05) is 6.07 Å². The van der Waals surface area contributed by atoms with Gasteiger partial charge in [0.15, 0.2) is 0 Å². The summed E-state index contributed by atoms with van der Waals surface area (Å²) < 4.78 is 14.6. The number of benzene rings is 3. The maximum atomic E-state index is 13.3. The molecule has 0 unspecified atom stereocenters. The van der Waals surface area contributed by atoms with Crippen LogP contribution in [0.5, 0.6) is 0 Å². The number of pyridine rings is 1. The normalized spacial score (nSPS) is 11.0. The maximum absolute atomic E-state index is 13.3. The van der Waals surface area contributed by atoms with Gasteiger partial charge in [0.25, 0.3) is 11.5 Å². The number of carbonyl (C=O) groups excluding carboxylic acids is 2. The molecule has 34 heavy (non-hydrogen) atoms. The van der Waals surface area contributed by atoms with E-state index in [2.05, 4.69) is 20.7 Å². The van der Waals surface area contributed by atoms with Crippen LogP contribution in [0.1, 0.15) is 17.3 Å². The minimum Gasteiger partial charge on any atom is -0.326 e. The highest BCUT2D eigenvalue weighted by Crippen LogP contribution is 2.23. The first-order valence-corrected chi connectivity index (χ1v) is 10.4. The number of nitrogens with zero attached hydrogens (tertiary/aromatic N) is 2. The second-order valence-corrected chi connectivity index (χ2v) is 7.72. The van der Waals surface area contributed by atoms with E-state index in [9.17, 15) is 18.8 Å². The number of carbonyl (C=O) groups is 2. The Morgan fingerprint density at radius 2 is 1.68 bits per heavy atom. The highest BCUT2D eigenvalue weighted by Gasteiger charge is 2.15. The Bertz CT molecular complexity index is 1640. The van der Waals surface area contributed by atoms with Gasteiger partial charge in [-0.05, 0) is 60.7 Å².